The van der Waals surface area contributed by atoms with Gasteiger partial charge in [-0.3, -0.25) is 0 Å². The predicted octanol–water partition coefficient (Wildman–Crippen LogP) is 0.800. The number of fused-ring (bicyclic) bond motifs is 1. The fraction of sp³-hybridized carbons (Fsp3) is 0.800. The molecule has 1 unspecified atom stereocenters. The Labute approximate surface area is 83.5 Å². The SMILES string of the molecule is C=CCC1O[C@@H]2OC(C)(C)O[C@@H]2[C@H]1O. The summed E-state index contributed by atoms with van der Waals surface area (Å²) in [6.45, 7) is 7.23. The first-order valence-corrected chi connectivity index (χ1v) is 4.83. The molecule has 0 saturated carbocycles. The van der Waals surface area contributed by atoms with Crippen molar-refractivity contribution in [2.24, 2.45) is 0 Å². The van der Waals surface area contributed by atoms with Crippen LogP contribution in [0.5, 0.6) is 0 Å². The van der Waals surface area contributed by atoms with Gasteiger partial charge in [-0.1, -0.05) is 6.08 Å². The second-order valence-electron chi connectivity index (χ2n) is 4.16. The summed E-state index contributed by atoms with van der Waals surface area (Å²) in [4.78, 5) is 0. The lowest BCUT2D eigenvalue weighted by Crippen LogP contribution is -2.34. The number of aliphatic hydroxyl groups excluding tert-OH is 1. The Hall–Kier alpha value is -0.420. The van der Waals surface area contributed by atoms with E-state index in [-0.39, 0.29) is 12.2 Å². The minimum Gasteiger partial charge on any atom is -0.387 e. The van der Waals surface area contributed by atoms with Crippen molar-refractivity contribution in [1.29, 1.82) is 0 Å². The molecule has 2 rings (SSSR count). The van der Waals surface area contributed by atoms with E-state index in [9.17, 15) is 5.11 Å². The smallest absolute Gasteiger partial charge is 0.190 e. The third-order valence-corrected chi connectivity index (χ3v) is 2.51. The Bertz CT molecular complexity index is 238. The summed E-state index contributed by atoms with van der Waals surface area (Å²) in [6, 6.07) is 0. The van der Waals surface area contributed by atoms with Crippen LogP contribution in [0.2, 0.25) is 0 Å². The average Bonchev–Trinajstić information content (AvgIpc) is 2.50. The molecule has 0 radical (unpaired) electrons. The maximum atomic E-state index is 9.84. The van der Waals surface area contributed by atoms with Gasteiger partial charge in [0, 0.05) is 0 Å². The monoisotopic (exact) mass is 200 g/mol. The first-order chi connectivity index (χ1) is 6.53. The maximum absolute atomic E-state index is 9.84. The molecule has 2 aliphatic rings. The van der Waals surface area contributed by atoms with E-state index in [4.69, 9.17) is 14.2 Å². The van der Waals surface area contributed by atoms with Gasteiger partial charge in [0.05, 0.1) is 6.10 Å². The fourth-order valence-electron chi connectivity index (χ4n) is 1.92. The zero-order valence-corrected chi connectivity index (χ0v) is 8.47. The molecule has 4 atom stereocenters. The van der Waals surface area contributed by atoms with Crippen molar-refractivity contribution in [2.75, 3.05) is 0 Å². The molecule has 0 aromatic heterocycles. The number of ether oxygens (including phenoxy) is 3. The van der Waals surface area contributed by atoms with Crippen LogP contribution in [0.3, 0.4) is 0 Å². The summed E-state index contributed by atoms with van der Waals surface area (Å²) in [6.07, 6.45) is 0.653. The van der Waals surface area contributed by atoms with Gasteiger partial charge in [0.25, 0.3) is 0 Å². The molecule has 4 nitrogen and oxygen atoms in total. The van der Waals surface area contributed by atoms with Crippen molar-refractivity contribution in [2.45, 2.75) is 50.7 Å². The van der Waals surface area contributed by atoms with Gasteiger partial charge < -0.3 is 19.3 Å². The van der Waals surface area contributed by atoms with E-state index in [0.29, 0.717) is 6.42 Å². The summed E-state index contributed by atoms with van der Waals surface area (Å²) >= 11 is 0. The Balaban J connectivity index is 2.04. The Morgan fingerprint density at radius 2 is 2.14 bits per heavy atom. The molecule has 0 spiro atoms. The fourth-order valence-corrected chi connectivity index (χ4v) is 1.92. The van der Waals surface area contributed by atoms with Crippen molar-refractivity contribution in [3.8, 4) is 0 Å². The number of aliphatic hydroxyl groups is 1. The minimum atomic E-state index is -0.657. The van der Waals surface area contributed by atoms with E-state index in [1.807, 2.05) is 13.8 Å². The molecule has 2 heterocycles. The van der Waals surface area contributed by atoms with Crippen LogP contribution in [-0.4, -0.2) is 35.5 Å². The van der Waals surface area contributed by atoms with Crippen LogP contribution in [0.15, 0.2) is 12.7 Å². The molecule has 2 fully saturated rings. The largest absolute Gasteiger partial charge is 0.387 e. The zero-order chi connectivity index (χ0) is 10.3. The van der Waals surface area contributed by atoms with Crippen molar-refractivity contribution >= 4 is 0 Å². The highest BCUT2D eigenvalue weighted by molar-refractivity contribution is 4.95. The highest BCUT2D eigenvalue weighted by Crippen LogP contribution is 2.38. The average molecular weight is 200 g/mol. The second-order valence-corrected chi connectivity index (χ2v) is 4.16. The molecule has 1 N–H and O–H groups in total. The number of rotatable bonds is 2. The van der Waals surface area contributed by atoms with Crippen LogP contribution in [0.25, 0.3) is 0 Å². The topological polar surface area (TPSA) is 47.9 Å². The first-order valence-electron chi connectivity index (χ1n) is 4.83. The Kier molecular flexibility index (Phi) is 2.39. The van der Waals surface area contributed by atoms with Gasteiger partial charge in [-0.05, 0) is 20.3 Å². The molecule has 0 aromatic carbocycles. The van der Waals surface area contributed by atoms with E-state index in [1.165, 1.54) is 0 Å². The highest BCUT2D eigenvalue weighted by Gasteiger charge is 2.53. The van der Waals surface area contributed by atoms with Gasteiger partial charge in [-0.2, -0.15) is 0 Å². The highest BCUT2D eigenvalue weighted by atomic mass is 16.8. The molecule has 0 aliphatic carbocycles. The summed E-state index contributed by atoms with van der Waals surface area (Å²) in [5.41, 5.74) is 0. The summed E-state index contributed by atoms with van der Waals surface area (Å²) in [5.74, 6) is -0.657. The normalized spacial score (nSPS) is 45.1. The molecular weight excluding hydrogens is 184 g/mol. The molecule has 4 heteroatoms. The lowest BCUT2D eigenvalue weighted by molar-refractivity contribution is -0.214. The van der Waals surface area contributed by atoms with Crippen molar-refractivity contribution in [3.63, 3.8) is 0 Å². The van der Waals surface area contributed by atoms with Crippen molar-refractivity contribution in [1.82, 2.24) is 0 Å². The van der Waals surface area contributed by atoms with Gasteiger partial charge >= 0.3 is 0 Å². The van der Waals surface area contributed by atoms with Gasteiger partial charge in [-0.25, -0.2) is 0 Å². The van der Waals surface area contributed by atoms with Crippen LogP contribution in [0.1, 0.15) is 20.3 Å². The van der Waals surface area contributed by atoms with Gasteiger partial charge in [0.15, 0.2) is 12.1 Å². The van der Waals surface area contributed by atoms with E-state index >= 15 is 0 Å². The van der Waals surface area contributed by atoms with Gasteiger partial charge in [0.1, 0.15) is 12.2 Å². The minimum absolute atomic E-state index is 0.251. The quantitative estimate of drug-likeness (QED) is 0.670. The predicted molar refractivity (Wildman–Crippen MR) is 49.5 cm³/mol. The Morgan fingerprint density at radius 1 is 1.43 bits per heavy atom. The lowest BCUT2D eigenvalue weighted by atomic mass is 10.1. The van der Waals surface area contributed by atoms with E-state index in [1.54, 1.807) is 6.08 Å². The van der Waals surface area contributed by atoms with Crippen LogP contribution >= 0.6 is 0 Å². The first kappa shape index (κ1) is 10.1. The summed E-state index contributed by atoms with van der Waals surface area (Å²) < 4.78 is 16.5. The molecular formula is C10H16O4. The third kappa shape index (κ3) is 1.59. The maximum Gasteiger partial charge on any atom is 0.190 e. The zero-order valence-electron chi connectivity index (χ0n) is 8.47. The van der Waals surface area contributed by atoms with Crippen molar-refractivity contribution in [3.05, 3.63) is 12.7 Å². The second kappa shape index (κ2) is 3.31. The number of hydrogen-bond acceptors (Lipinski definition) is 4. The molecule has 2 saturated heterocycles. The molecule has 0 amide bonds. The van der Waals surface area contributed by atoms with Crippen LogP contribution in [0.4, 0.5) is 0 Å². The van der Waals surface area contributed by atoms with Gasteiger partial charge in [0.2, 0.25) is 0 Å². The van der Waals surface area contributed by atoms with Gasteiger partial charge in [-0.15, -0.1) is 6.58 Å². The molecule has 0 bridgehead atoms. The summed E-state index contributed by atoms with van der Waals surface area (Å²) in [7, 11) is 0. The molecule has 80 valence electrons. The van der Waals surface area contributed by atoms with Crippen LogP contribution < -0.4 is 0 Å². The van der Waals surface area contributed by atoms with Crippen LogP contribution in [0, 0.1) is 0 Å². The lowest BCUT2D eigenvalue weighted by Gasteiger charge is -2.22. The van der Waals surface area contributed by atoms with Crippen molar-refractivity contribution < 1.29 is 19.3 Å². The standard InChI is InChI=1S/C10H16O4/c1-4-5-6-7(11)8-9(12-6)14-10(2,3)13-8/h4,6-9,11H,1,5H2,2-3H3/t6?,7-,8+,9+/m0/s1. The molecule has 2 aliphatic heterocycles. The Morgan fingerprint density at radius 3 is 2.71 bits per heavy atom. The van der Waals surface area contributed by atoms with E-state index in [2.05, 4.69) is 6.58 Å². The van der Waals surface area contributed by atoms with E-state index in [0.717, 1.165) is 0 Å². The summed E-state index contributed by atoms with van der Waals surface area (Å²) in [5, 5.41) is 9.84. The van der Waals surface area contributed by atoms with E-state index < -0.39 is 18.2 Å². The third-order valence-electron chi connectivity index (χ3n) is 2.51. The molecule has 14 heavy (non-hydrogen) atoms. The number of hydrogen-bond donors (Lipinski definition) is 1. The molecule has 0 aromatic rings. The van der Waals surface area contributed by atoms with Crippen LogP contribution in [-0.2, 0) is 14.2 Å².